The normalized spacial score (nSPS) is 11.3. The van der Waals surface area contributed by atoms with E-state index in [1.807, 2.05) is 31.3 Å². The number of aromatic hydroxyl groups is 2. The minimum Gasteiger partial charge on any atom is -0.504 e. The molecule has 114 valence electrons. The molecule has 5 nitrogen and oxygen atoms in total. The Morgan fingerprint density at radius 1 is 0.957 bits per heavy atom. The van der Waals surface area contributed by atoms with Crippen molar-refractivity contribution >= 4 is 21.8 Å². The molecule has 23 heavy (non-hydrogen) atoms. The zero-order valence-electron chi connectivity index (χ0n) is 12.3. The number of pyridine rings is 1. The van der Waals surface area contributed by atoms with Gasteiger partial charge in [0.15, 0.2) is 11.5 Å². The van der Waals surface area contributed by atoms with Gasteiger partial charge in [-0.3, -0.25) is 4.79 Å². The predicted octanol–water partition coefficient (Wildman–Crippen LogP) is 3.40. The first-order chi connectivity index (χ1) is 11.0. The van der Waals surface area contributed by atoms with E-state index in [1.54, 1.807) is 6.07 Å². The summed E-state index contributed by atoms with van der Waals surface area (Å²) in [5.74, 6) is -0.310. The molecule has 2 aromatic carbocycles. The molecule has 0 aliphatic heterocycles. The first-order valence-electron chi connectivity index (χ1n) is 7.20. The number of aryl methyl sites for hydroxylation is 1. The van der Waals surface area contributed by atoms with Crippen LogP contribution in [0.5, 0.6) is 11.5 Å². The number of H-pyrrole nitrogens is 2. The second kappa shape index (κ2) is 4.64. The third-order valence-corrected chi connectivity index (χ3v) is 4.15. The minimum absolute atomic E-state index is 0.143. The van der Waals surface area contributed by atoms with E-state index in [9.17, 15) is 15.0 Å². The van der Waals surface area contributed by atoms with Crippen LogP contribution in [0.4, 0.5) is 0 Å². The minimum atomic E-state index is -0.160. The van der Waals surface area contributed by atoms with Crippen molar-refractivity contribution in [3.05, 3.63) is 58.5 Å². The van der Waals surface area contributed by atoms with Gasteiger partial charge in [-0.05, 0) is 47.9 Å². The molecule has 0 bridgehead atoms. The van der Waals surface area contributed by atoms with Crippen molar-refractivity contribution in [1.29, 1.82) is 0 Å². The van der Waals surface area contributed by atoms with E-state index < -0.39 is 0 Å². The van der Waals surface area contributed by atoms with Crippen molar-refractivity contribution in [2.75, 3.05) is 0 Å². The number of hydrogen-bond acceptors (Lipinski definition) is 3. The lowest BCUT2D eigenvalue weighted by Gasteiger charge is -2.07. The van der Waals surface area contributed by atoms with E-state index >= 15 is 0 Å². The van der Waals surface area contributed by atoms with Gasteiger partial charge in [0.1, 0.15) is 5.52 Å². The van der Waals surface area contributed by atoms with E-state index in [0.717, 1.165) is 33.0 Å². The van der Waals surface area contributed by atoms with E-state index in [1.165, 1.54) is 12.1 Å². The van der Waals surface area contributed by atoms with Crippen LogP contribution in [0.15, 0.2) is 47.4 Å². The van der Waals surface area contributed by atoms with Crippen molar-refractivity contribution < 1.29 is 10.2 Å². The summed E-state index contributed by atoms with van der Waals surface area (Å²) in [6, 6.07) is 10.4. The third-order valence-electron chi connectivity index (χ3n) is 4.15. The lowest BCUT2D eigenvalue weighted by Crippen LogP contribution is -2.06. The molecule has 0 atom stereocenters. The average Bonchev–Trinajstić information content (AvgIpc) is 2.93. The van der Waals surface area contributed by atoms with Gasteiger partial charge in [-0.25, -0.2) is 0 Å². The predicted molar refractivity (Wildman–Crippen MR) is 89.9 cm³/mol. The highest BCUT2D eigenvalue weighted by Crippen LogP contribution is 2.33. The molecule has 0 spiro atoms. The first-order valence-corrected chi connectivity index (χ1v) is 7.20. The summed E-state index contributed by atoms with van der Waals surface area (Å²) in [5, 5.41) is 21.0. The Kier molecular flexibility index (Phi) is 2.72. The van der Waals surface area contributed by atoms with Crippen LogP contribution >= 0.6 is 0 Å². The van der Waals surface area contributed by atoms with Crippen LogP contribution in [0.2, 0.25) is 0 Å². The molecule has 0 radical (unpaired) electrons. The molecule has 5 heteroatoms. The van der Waals surface area contributed by atoms with Gasteiger partial charge in [0.25, 0.3) is 5.56 Å². The topological polar surface area (TPSA) is 89.1 Å². The van der Waals surface area contributed by atoms with Crippen molar-refractivity contribution in [1.82, 2.24) is 9.97 Å². The van der Waals surface area contributed by atoms with Crippen LogP contribution in [-0.2, 0) is 0 Å². The molecule has 0 aliphatic rings. The monoisotopic (exact) mass is 306 g/mol. The molecule has 4 rings (SSSR count). The highest BCUT2D eigenvalue weighted by atomic mass is 16.3. The molecule has 2 aromatic heterocycles. The molecular formula is C18H14N2O3. The van der Waals surface area contributed by atoms with Crippen molar-refractivity contribution in [2.24, 2.45) is 0 Å². The van der Waals surface area contributed by atoms with Crippen molar-refractivity contribution in [2.45, 2.75) is 6.92 Å². The van der Waals surface area contributed by atoms with Crippen LogP contribution < -0.4 is 5.56 Å². The van der Waals surface area contributed by atoms with Crippen LogP contribution in [-0.4, -0.2) is 20.2 Å². The Labute approximate surface area is 130 Å². The van der Waals surface area contributed by atoms with Gasteiger partial charge >= 0.3 is 0 Å². The summed E-state index contributed by atoms with van der Waals surface area (Å²) >= 11 is 0. The number of fused-ring (bicyclic) bond motifs is 3. The SMILES string of the molecule is Cc1c[nH]c2c(=O)[nH]c3ccc(-c4ccc(O)c(O)c4)cc3c12. The van der Waals surface area contributed by atoms with Gasteiger partial charge in [-0.2, -0.15) is 0 Å². The molecular weight excluding hydrogens is 292 g/mol. The summed E-state index contributed by atoms with van der Waals surface area (Å²) in [5.41, 5.74) is 3.85. The van der Waals surface area contributed by atoms with E-state index in [2.05, 4.69) is 9.97 Å². The maximum Gasteiger partial charge on any atom is 0.272 e. The fraction of sp³-hybridized carbons (Fsp3) is 0.0556. The lowest BCUT2D eigenvalue weighted by molar-refractivity contribution is 0.404. The number of nitrogens with one attached hydrogen (secondary N) is 2. The molecule has 2 heterocycles. The fourth-order valence-electron chi connectivity index (χ4n) is 2.98. The van der Waals surface area contributed by atoms with Crippen molar-refractivity contribution in [3.63, 3.8) is 0 Å². The van der Waals surface area contributed by atoms with Gasteiger partial charge in [0.05, 0.1) is 0 Å². The Hall–Kier alpha value is -3.21. The van der Waals surface area contributed by atoms with Crippen LogP contribution in [0.3, 0.4) is 0 Å². The third kappa shape index (κ3) is 1.97. The van der Waals surface area contributed by atoms with E-state index in [0.29, 0.717) is 5.52 Å². The van der Waals surface area contributed by atoms with Crippen LogP contribution in [0.1, 0.15) is 5.56 Å². The number of benzene rings is 2. The van der Waals surface area contributed by atoms with Crippen molar-refractivity contribution in [3.8, 4) is 22.6 Å². The number of phenols is 2. The molecule has 0 aliphatic carbocycles. The van der Waals surface area contributed by atoms with Gasteiger partial charge in [-0.1, -0.05) is 12.1 Å². The lowest BCUT2D eigenvalue weighted by atomic mass is 10.0. The fourth-order valence-corrected chi connectivity index (χ4v) is 2.98. The number of rotatable bonds is 1. The molecule has 0 saturated carbocycles. The van der Waals surface area contributed by atoms with E-state index in [4.69, 9.17) is 0 Å². The summed E-state index contributed by atoms with van der Waals surface area (Å²) in [7, 11) is 0. The summed E-state index contributed by atoms with van der Waals surface area (Å²) in [4.78, 5) is 18.0. The average molecular weight is 306 g/mol. The molecule has 4 aromatic rings. The summed E-state index contributed by atoms with van der Waals surface area (Å²) in [6.07, 6.45) is 1.82. The zero-order valence-corrected chi connectivity index (χ0v) is 12.3. The number of phenolic OH excluding ortho intramolecular Hbond substituents is 2. The quantitative estimate of drug-likeness (QED) is 0.406. The highest BCUT2D eigenvalue weighted by Gasteiger charge is 2.11. The maximum absolute atomic E-state index is 12.1. The van der Waals surface area contributed by atoms with Crippen LogP contribution in [0, 0.1) is 6.92 Å². The Bertz CT molecular complexity index is 1120. The number of aromatic amines is 2. The molecule has 4 N–H and O–H groups in total. The Balaban J connectivity index is 2.05. The Morgan fingerprint density at radius 2 is 1.70 bits per heavy atom. The van der Waals surface area contributed by atoms with E-state index in [-0.39, 0.29) is 17.1 Å². The first kappa shape index (κ1) is 13.5. The molecule has 0 amide bonds. The number of aromatic nitrogens is 2. The molecule has 0 saturated heterocycles. The zero-order chi connectivity index (χ0) is 16.1. The molecule has 0 fully saturated rings. The van der Waals surface area contributed by atoms with Gasteiger partial charge < -0.3 is 20.2 Å². The smallest absolute Gasteiger partial charge is 0.272 e. The number of hydrogen-bond donors (Lipinski definition) is 4. The second-order valence-corrected chi connectivity index (χ2v) is 5.64. The largest absolute Gasteiger partial charge is 0.504 e. The molecule has 0 unspecified atom stereocenters. The Morgan fingerprint density at radius 3 is 2.48 bits per heavy atom. The summed E-state index contributed by atoms with van der Waals surface area (Å²) < 4.78 is 0. The highest BCUT2D eigenvalue weighted by molar-refractivity contribution is 6.07. The standard InChI is InChI=1S/C18H14N2O3/c1-9-8-19-17-16(9)12-6-10(2-4-13(12)20-18(17)23)11-3-5-14(21)15(22)7-11/h2-8,19,21-22H,1H3,(H,20,23). The maximum atomic E-state index is 12.1. The van der Waals surface area contributed by atoms with Gasteiger partial charge in [-0.15, -0.1) is 0 Å². The van der Waals surface area contributed by atoms with Gasteiger partial charge in [0, 0.05) is 22.5 Å². The second-order valence-electron chi connectivity index (χ2n) is 5.64. The summed E-state index contributed by atoms with van der Waals surface area (Å²) in [6.45, 7) is 1.96. The van der Waals surface area contributed by atoms with Crippen LogP contribution in [0.25, 0.3) is 32.9 Å². The van der Waals surface area contributed by atoms with Gasteiger partial charge in [0.2, 0.25) is 0 Å².